The van der Waals surface area contributed by atoms with Gasteiger partial charge in [0.25, 0.3) is 5.56 Å². The molecule has 1 aromatic heterocycles. The monoisotopic (exact) mass is 472 g/mol. The molecule has 32 heavy (non-hydrogen) atoms. The number of nitrogens with one attached hydrogen (secondary N) is 3. The molecule has 0 saturated heterocycles. The maximum Gasteiger partial charge on any atom is 0.257 e. The second-order valence-corrected chi connectivity index (χ2v) is 8.64. The number of thioether (sulfide) groups is 1. The average molecular weight is 473 g/mol. The van der Waals surface area contributed by atoms with Crippen molar-refractivity contribution in [3.05, 3.63) is 80.3 Å². The van der Waals surface area contributed by atoms with Gasteiger partial charge in [0.2, 0.25) is 11.8 Å². The quantitative estimate of drug-likeness (QED) is 0.381. The van der Waals surface area contributed by atoms with E-state index in [1.54, 1.807) is 36.4 Å². The Morgan fingerprint density at radius 1 is 1.28 bits per heavy atom. The fourth-order valence-corrected chi connectivity index (χ4v) is 4.33. The molecule has 164 valence electrons. The van der Waals surface area contributed by atoms with Crippen molar-refractivity contribution in [1.29, 1.82) is 0 Å². The number of carbonyl (C=O) groups is 2. The molecule has 0 aliphatic carbocycles. The summed E-state index contributed by atoms with van der Waals surface area (Å²) in [5.41, 5.74) is 1.31. The largest absolute Gasteiger partial charge is 0.325 e. The number of hydrogen-bond donors (Lipinski definition) is 3. The van der Waals surface area contributed by atoms with E-state index in [-0.39, 0.29) is 34.5 Å². The molecule has 0 spiro atoms. The first-order chi connectivity index (χ1) is 15.3. The molecule has 2 aromatic carbocycles. The summed E-state index contributed by atoms with van der Waals surface area (Å²) in [5.74, 6) is -2.05. The Balaban J connectivity index is 1.58. The van der Waals surface area contributed by atoms with Crippen molar-refractivity contribution in [3.8, 4) is 0 Å². The van der Waals surface area contributed by atoms with Crippen LogP contribution >= 0.6 is 23.4 Å². The number of amides is 2. The van der Waals surface area contributed by atoms with E-state index in [2.05, 4.69) is 20.6 Å². The van der Waals surface area contributed by atoms with Gasteiger partial charge in [0.1, 0.15) is 11.6 Å². The van der Waals surface area contributed by atoms with Crippen LogP contribution in [0.5, 0.6) is 0 Å². The van der Waals surface area contributed by atoms with Crippen LogP contribution in [-0.4, -0.2) is 21.8 Å². The SMILES string of the molecule is Cc1ccc(NC(=O)[C@H]2CC(=O)Nc3nc(SCc4ccccc4F)[nH]c(=O)c32)cc1Cl. The summed E-state index contributed by atoms with van der Waals surface area (Å²) in [5, 5.41) is 5.96. The van der Waals surface area contributed by atoms with Crippen LogP contribution in [0.15, 0.2) is 52.4 Å². The van der Waals surface area contributed by atoms with Gasteiger partial charge in [-0.05, 0) is 36.2 Å². The molecule has 3 N–H and O–H groups in total. The van der Waals surface area contributed by atoms with Crippen LogP contribution in [0.3, 0.4) is 0 Å². The molecule has 4 rings (SSSR count). The molecule has 2 amide bonds. The Hall–Kier alpha value is -3.17. The van der Waals surface area contributed by atoms with Gasteiger partial charge < -0.3 is 15.6 Å². The number of H-pyrrole nitrogens is 1. The van der Waals surface area contributed by atoms with Gasteiger partial charge in [-0.1, -0.05) is 47.6 Å². The fourth-order valence-electron chi connectivity index (χ4n) is 3.30. The molecule has 2 heterocycles. The van der Waals surface area contributed by atoms with Gasteiger partial charge in [-0.15, -0.1) is 0 Å². The molecule has 1 aliphatic heterocycles. The Morgan fingerprint density at radius 2 is 2.06 bits per heavy atom. The molecular weight excluding hydrogens is 455 g/mol. The number of rotatable bonds is 5. The molecule has 0 fully saturated rings. The lowest BCUT2D eigenvalue weighted by Gasteiger charge is -2.23. The predicted octanol–water partition coefficient (Wildman–Crippen LogP) is 4.23. The maximum atomic E-state index is 13.8. The number of halogens is 2. The zero-order valence-electron chi connectivity index (χ0n) is 16.9. The van der Waals surface area contributed by atoms with E-state index in [1.807, 2.05) is 6.92 Å². The summed E-state index contributed by atoms with van der Waals surface area (Å²) in [6.45, 7) is 1.84. The zero-order valence-corrected chi connectivity index (χ0v) is 18.4. The molecular formula is C22H18ClFN4O3S. The topological polar surface area (TPSA) is 104 Å². The summed E-state index contributed by atoms with van der Waals surface area (Å²) < 4.78 is 13.8. The number of aryl methyl sites for hydroxylation is 1. The van der Waals surface area contributed by atoms with E-state index in [0.29, 0.717) is 16.3 Å². The van der Waals surface area contributed by atoms with Gasteiger partial charge >= 0.3 is 0 Å². The highest BCUT2D eigenvalue weighted by molar-refractivity contribution is 7.98. The third-order valence-corrected chi connectivity index (χ3v) is 6.34. The molecule has 1 atom stereocenters. The van der Waals surface area contributed by atoms with Crippen LogP contribution in [0.4, 0.5) is 15.9 Å². The van der Waals surface area contributed by atoms with Gasteiger partial charge in [-0.25, -0.2) is 9.37 Å². The summed E-state index contributed by atoms with van der Waals surface area (Å²) in [4.78, 5) is 44.8. The fraction of sp³-hybridized carbons (Fsp3) is 0.182. The third kappa shape index (κ3) is 4.68. The number of carbonyl (C=O) groups excluding carboxylic acids is 2. The summed E-state index contributed by atoms with van der Waals surface area (Å²) in [7, 11) is 0. The number of benzene rings is 2. The van der Waals surface area contributed by atoms with Crippen LogP contribution in [-0.2, 0) is 15.3 Å². The highest BCUT2D eigenvalue weighted by atomic mass is 35.5. The Labute approximate surface area is 191 Å². The van der Waals surface area contributed by atoms with Crippen molar-refractivity contribution in [1.82, 2.24) is 9.97 Å². The van der Waals surface area contributed by atoms with Crippen LogP contribution in [0, 0.1) is 12.7 Å². The summed E-state index contributed by atoms with van der Waals surface area (Å²) in [6.07, 6.45) is -0.190. The highest BCUT2D eigenvalue weighted by Gasteiger charge is 2.34. The molecule has 0 saturated carbocycles. The number of aromatic nitrogens is 2. The summed E-state index contributed by atoms with van der Waals surface area (Å²) in [6, 6.07) is 11.3. The summed E-state index contributed by atoms with van der Waals surface area (Å²) >= 11 is 7.23. The average Bonchev–Trinajstić information content (AvgIpc) is 2.75. The number of nitrogens with zero attached hydrogens (tertiary/aromatic N) is 1. The second kappa shape index (κ2) is 9.13. The van der Waals surface area contributed by atoms with Gasteiger partial charge in [0, 0.05) is 22.9 Å². The minimum Gasteiger partial charge on any atom is -0.325 e. The highest BCUT2D eigenvalue weighted by Crippen LogP contribution is 2.31. The van der Waals surface area contributed by atoms with Gasteiger partial charge in [0.15, 0.2) is 5.16 Å². The van der Waals surface area contributed by atoms with Crippen molar-refractivity contribution in [3.63, 3.8) is 0 Å². The van der Waals surface area contributed by atoms with E-state index in [0.717, 1.165) is 17.3 Å². The van der Waals surface area contributed by atoms with Crippen LogP contribution in [0.25, 0.3) is 0 Å². The first-order valence-corrected chi connectivity index (χ1v) is 11.1. The van der Waals surface area contributed by atoms with Crippen molar-refractivity contribution >= 4 is 46.7 Å². The predicted molar refractivity (Wildman–Crippen MR) is 122 cm³/mol. The molecule has 1 aliphatic rings. The van der Waals surface area contributed by atoms with Crippen LogP contribution < -0.4 is 16.2 Å². The molecule has 3 aromatic rings. The van der Waals surface area contributed by atoms with E-state index in [1.165, 1.54) is 6.07 Å². The van der Waals surface area contributed by atoms with E-state index in [4.69, 9.17) is 11.6 Å². The zero-order chi connectivity index (χ0) is 22.8. The van der Waals surface area contributed by atoms with Gasteiger partial charge in [-0.2, -0.15) is 0 Å². The normalized spacial score (nSPS) is 15.1. The number of fused-ring (bicyclic) bond motifs is 1. The second-order valence-electron chi connectivity index (χ2n) is 7.27. The Bertz CT molecular complexity index is 1280. The minimum atomic E-state index is -1.01. The third-order valence-electron chi connectivity index (χ3n) is 5.01. The molecule has 0 unspecified atom stereocenters. The van der Waals surface area contributed by atoms with E-state index >= 15 is 0 Å². The van der Waals surface area contributed by atoms with Crippen molar-refractivity contribution in [2.45, 2.75) is 30.2 Å². The Kier molecular flexibility index (Phi) is 6.29. The van der Waals surface area contributed by atoms with Gasteiger partial charge in [-0.3, -0.25) is 14.4 Å². The minimum absolute atomic E-state index is 0.0307. The molecule has 7 nitrogen and oxygen atoms in total. The smallest absolute Gasteiger partial charge is 0.257 e. The Morgan fingerprint density at radius 3 is 2.81 bits per heavy atom. The molecule has 10 heteroatoms. The lowest BCUT2D eigenvalue weighted by atomic mass is 9.92. The number of anilines is 2. The van der Waals surface area contributed by atoms with Crippen LogP contribution in [0.1, 0.15) is 29.0 Å². The first-order valence-electron chi connectivity index (χ1n) is 9.69. The standard InChI is InChI=1S/C22H18ClFN4O3S/c1-11-6-7-13(8-15(11)23)25-20(30)14-9-17(29)26-19-18(14)21(31)28-22(27-19)32-10-12-4-2-3-5-16(12)24/h2-8,14H,9-10H2,1H3,(H,25,30)(H2,26,27,28,29,31)/t14-/m0/s1. The van der Waals surface area contributed by atoms with Gasteiger partial charge in [0.05, 0.1) is 11.5 Å². The van der Waals surface area contributed by atoms with Crippen LogP contribution in [0.2, 0.25) is 5.02 Å². The molecule has 0 bridgehead atoms. The number of hydrogen-bond acceptors (Lipinski definition) is 5. The maximum absolute atomic E-state index is 13.8. The van der Waals surface area contributed by atoms with E-state index in [9.17, 15) is 18.8 Å². The first kappa shape index (κ1) is 22.0. The number of aromatic amines is 1. The lowest BCUT2D eigenvalue weighted by molar-refractivity contribution is -0.123. The van der Waals surface area contributed by atoms with Crippen molar-refractivity contribution in [2.24, 2.45) is 0 Å². The van der Waals surface area contributed by atoms with Crippen molar-refractivity contribution < 1.29 is 14.0 Å². The van der Waals surface area contributed by atoms with E-state index < -0.39 is 23.3 Å². The van der Waals surface area contributed by atoms with Crippen molar-refractivity contribution in [2.75, 3.05) is 10.6 Å². The lowest BCUT2D eigenvalue weighted by Crippen LogP contribution is -2.36. The molecule has 0 radical (unpaired) electrons.